The van der Waals surface area contributed by atoms with Gasteiger partial charge in [-0.25, -0.2) is 8.78 Å². The van der Waals surface area contributed by atoms with Crippen LogP contribution in [0.15, 0.2) is 0 Å². The molecule has 2 unspecified atom stereocenters. The molecule has 12 heavy (non-hydrogen) atoms. The van der Waals surface area contributed by atoms with Crippen LogP contribution < -0.4 is 0 Å². The van der Waals surface area contributed by atoms with Crippen molar-refractivity contribution in [3.63, 3.8) is 0 Å². The molecule has 0 aromatic rings. The molecule has 0 aromatic carbocycles. The van der Waals surface area contributed by atoms with Crippen LogP contribution in [0.25, 0.3) is 0 Å². The van der Waals surface area contributed by atoms with E-state index in [2.05, 4.69) is 0 Å². The van der Waals surface area contributed by atoms with Crippen LogP contribution >= 0.6 is 0 Å². The monoisotopic (exact) mass is 176 g/mol. The van der Waals surface area contributed by atoms with Crippen molar-refractivity contribution in [2.24, 2.45) is 11.3 Å². The lowest BCUT2D eigenvalue weighted by molar-refractivity contribution is -0.116. The van der Waals surface area contributed by atoms with Crippen molar-refractivity contribution < 1.29 is 13.6 Å². The van der Waals surface area contributed by atoms with Gasteiger partial charge in [0.25, 0.3) is 5.92 Å². The second-order valence-electron chi connectivity index (χ2n) is 3.99. The third-order valence-corrected chi connectivity index (χ3v) is 2.76. The Morgan fingerprint density at radius 2 is 2.17 bits per heavy atom. The van der Waals surface area contributed by atoms with Gasteiger partial charge in [-0.15, -0.1) is 0 Å². The van der Waals surface area contributed by atoms with Crippen LogP contribution in [0.5, 0.6) is 0 Å². The van der Waals surface area contributed by atoms with Crippen LogP contribution in [-0.4, -0.2) is 12.2 Å². The fraction of sp³-hybridized carbons (Fsp3) is 0.889. The molecule has 1 nitrogen and oxygen atoms in total. The fourth-order valence-electron chi connectivity index (χ4n) is 1.33. The van der Waals surface area contributed by atoms with Crippen molar-refractivity contribution in [3.8, 4) is 0 Å². The van der Waals surface area contributed by atoms with Crippen LogP contribution in [0.2, 0.25) is 0 Å². The largest absolute Gasteiger partial charge is 0.303 e. The maximum absolute atomic E-state index is 12.5. The first-order valence-electron chi connectivity index (χ1n) is 4.28. The standard InChI is InChI=1S/C9H14F2O/c1-3-8(2,6-12)4-7-5-9(7,10)11/h6-7H,3-5H2,1-2H3. The predicted molar refractivity (Wildman–Crippen MR) is 42.1 cm³/mol. The van der Waals surface area contributed by atoms with Crippen molar-refractivity contribution in [1.82, 2.24) is 0 Å². The zero-order valence-electron chi connectivity index (χ0n) is 7.44. The van der Waals surface area contributed by atoms with Gasteiger partial charge in [0.05, 0.1) is 0 Å². The molecular formula is C9H14F2O. The van der Waals surface area contributed by atoms with E-state index in [0.717, 1.165) is 6.29 Å². The molecule has 0 amide bonds. The van der Waals surface area contributed by atoms with Crippen molar-refractivity contribution in [2.45, 2.75) is 39.0 Å². The van der Waals surface area contributed by atoms with Gasteiger partial charge in [0.2, 0.25) is 0 Å². The first kappa shape index (κ1) is 9.62. The van der Waals surface area contributed by atoms with E-state index in [1.54, 1.807) is 6.92 Å². The summed E-state index contributed by atoms with van der Waals surface area (Å²) < 4.78 is 25.0. The highest BCUT2D eigenvalue weighted by molar-refractivity contribution is 5.58. The zero-order valence-corrected chi connectivity index (χ0v) is 7.44. The zero-order chi connectivity index (χ0) is 9.41. The Balaban J connectivity index is 2.45. The van der Waals surface area contributed by atoms with Gasteiger partial charge in [0, 0.05) is 17.8 Å². The SMILES string of the molecule is CCC(C)(C=O)CC1CC1(F)F. The van der Waals surface area contributed by atoms with E-state index in [1.807, 2.05) is 6.92 Å². The van der Waals surface area contributed by atoms with Gasteiger partial charge >= 0.3 is 0 Å². The number of carbonyl (C=O) groups is 1. The molecule has 0 spiro atoms. The Bertz CT molecular complexity index is 191. The van der Waals surface area contributed by atoms with Gasteiger partial charge in [-0.3, -0.25) is 0 Å². The summed E-state index contributed by atoms with van der Waals surface area (Å²) in [5.41, 5.74) is -0.537. The molecular weight excluding hydrogens is 162 g/mol. The lowest BCUT2D eigenvalue weighted by Gasteiger charge is -2.20. The van der Waals surface area contributed by atoms with E-state index < -0.39 is 17.3 Å². The van der Waals surface area contributed by atoms with E-state index in [-0.39, 0.29) is 6.42 Å². The molecule has 0 bridgehead atoms. The van der Waals surface area contributed by atoms with Gasteiger partial charge < -0.3 is 4.79 Å². The van der Waals surface area contributed by atoms with Crippen molar-refractivity contribution >= 4 is 6.29 Å². The smallest absolute Gasteiger partial charge is 0.251 e. The Hall–Kier alpha value is -0.470. The van der Waals surface area contributed by atoms with Gasteiger partial charge in [0.1, 0.15) is 6.29 Å². The van der Waals surface area contributed by atoms with Crippen LogP contribution in [0, 0.1) is 11.3 Å². The minimum atomic E-state index is -2.49. The maximum Gasteiger partial charge on any atom is 0.251 e. The highest BCUT2D eigenvalue weighted by Gasteiger charge is 2.58. The minimum absolute atomic E-state index is 0.0313. The molecule has 1 aliphatic rings. The summed E-state index contributed by atoms with van der Waals surface area (Å²) >= 11 is 0. The van der Waals surface area contributed by atoms with E-state index in [9.17, 15) is 13.6 Å². The molecule has 1 fully saturated rings. The van der Waals surface area contributed by atoms with Crippen molar-refractivity contribution in [3.05, 3.63) is 0 Å². The van der Waals surface area contributed by atoms with Crippen molar-refractivity contribution in [1.29, 1.82) is 0 Å². The van der Waals surface area contributed by atoms with Crippen molar-refractivity contribution in [2.75, 3.05) is 0 Å². The number of halogens is 2. The fourth-order valence-corrected chi connectivity index (χ4v) is 1.33. The second-order valence-corrected chi connectivity index (χ2v) is 3.99. The second kappa shape index (κ2) is 2.79. The topological polar surface area (TPSA) is 17.1 Å². The Morgan fingerprint density at radius 1 is 1.67 bits per heavy atom. The Labute approximate surface area is 71.1 Å². The lowest BCUT2D eigenvalue weighted by atomic mass is 9.84. The molecule has 1 rings (SSSR count). The molecule has 0 aliphatic heterocycles. The molecule has 2 atom stereocenters. The molecule has 0 saturated heterocycles. The molecule has 0 N–H and O–H groups in total. The summed E-state index contributed by atoms with van der Waals surface area (Å²) in [6, 6.07) is 0. The van der Waals surface area contributed by atoms with Crippen LogP contribution in [0.4, 0.5) is 8.78 Å². The summed E-state index contributed by atoms with van der Waals surface area (Å²) in [5, 5.41) is 0. The van der Waals surface area contributed by atoms with Gasteiger partial charge in [-0.05, 0) is 12.8 Å². The number of hydrogen-bond donors (Lipinski definition) is 0. The summed E-state index contributed by atoms with van der Waals surface area (Å²) in [5.74, 6) is -3.04. The summed E-state index contributed by atoms with van der Waals surface area (Å²) in [4.78, 5) is 10.6. The summed E-state index contributed by atoms with van der Waals surface area (Å²) in [6.07, 6.45) is 1.75. The Morgan fingerprint density at radius 3 is 2.42 bits per heavy atom. The van der Waals surface area contributed by atoms with Gasteiger partial charge in [-0.1, -0.05) is 13.8 Å². The van der Waals surface area contributed by atoms with Gasteiger partial charge in [-0.2, -0.15) is 0 Å². The molecule has 3 heteroatoms. The first-order chi connectivity index (χ1) is 5.43. The molecule has 1 aliphatic carbocycles. The van der Waals surface area contributed by atoms with E-state index in [1.165, 1.54) is 0 Å². The van der Waals surface area contributed by atoms with Gasteiger partial charge in [0.15, 0.2) is 0 Å². The van der Waals surface area contributed by atoms with E-state index >= 15 is 0 Å². The van der Waals surface area contributed by atoms with Crippen LogP contribution in [-0.2, 0) is 4.79 Å². The molecule has 0 heterocycles. The third-order valence-electron chi connectivity index (χ3n) is 2.76. The van der Waals surface area contributed by atoms with Crippen LogP contribution in [0.1, 0.15) is 33.1 Å². The lowest BCUT2D eigenvalue weighted by Crippen LogP contribution is -2.19. The number of alkyl halides is 2. The minimum Gasteiger partial charge on any atom is -0.303 e. The molecule has 1 saturated carbocycles. The Kier molecular flexibility index (Phi) is 2.23. The summed E-state index contributed by atoms with van der Waals surface area (Å²) in [6.45, 7) is 3.60. The number of carbonyl (C=O) groups excluding carboxylic acids is 1. The van der Waals surface area contributed by atoms with Crippen LogP contribution in [0.3, 0.4) is 0 Å². The molecule has 70 valence electrons. The third kappa shape index (κ3) is 1.82. The predicted octanol–water partition coefficient (Wildman–Crippen LogP) is 2.65. The molecule has 0 aromatic heterocycles. The van der Waals surface area contributed by atoms with E-state index in [4.69, 9.17) is 0 Å². The summed E-state index contributed by atoms with van der Waals surface area (Å²) in [7, 11) is 0. The highest BCUT2D eigenvalue weighted by Crippen LogP contribution is 2.53. The average Bonchev–Trinajstić information content (AvgIpc) is 2.58. The average molecular weight is 176 g/mol. The number of hydrogen-bond acceptors (Lipinski definition) is 1. The first-order valence-corrected chi connectivity index (χ1v) is 4.28. The van der Waals surface area contributed by atoms with E-state index in [0.29, 0.717) is 12.8 Å². The number of rotatable bonds is 4. The number of aldehydes is 1. The quantitative estimate of drug-likeness (QED) is 0.602. The normalized spacial score (nSPS) is 30.8. The maximum atomic E-state index is 12.5. The molecule has 0 radical (unpaired) electrons. The highest BCUT2D eigenvalue weighted by atomic mass is 19.3.